The highest BCUT2D eigenvalue weighted by molar-refractivity contribution is 5.52. The Balaban J connectivity index is 2.01. The monoisotopic (exact) mass is 245 g/mol. The highest BCUT2D eigenvalue weighted by atomic mass is 16.3. The van der Waals surface area contributed by atoms with Gasteiger partial charge in [0, 0.05) is 6.04 Å². The zero-order valence-corrected chi connectivity index (χ0v) is 11.0. The van der Waals surface area contributed by atoms with Gasteiger partial charge in [0.25, 0.3) is 0 Å². The van der Waals surface area contributed by atoms with E-state index in [4.69, 9.17) is 0 Å². The van der Waals surface area contributed by atoms with Crippen LogP contribution in [0.3, 0.4) is 0 Å². The molecule has 1 heterocycles. The number of rotatable bonds is 4. The first-order valence-electron chi connectivity index (χ1n) is 6.12. The fourth-order valence-corrected chi connectivity index (χ4v) is 2.05. The van der Waals surface area contributed by atoms with Crippen molar-refractivity contribution in [1.29, 1.82) is 0 Å². The summed E-state index contributed by atoms with van der Waals surface area (Å²) >= 11 is 0. The van der Waals surface area contributed by atoms with Gasteiger partial charge in [-0.3, -0.25) is 5.10 Å². The normalized spacial score (nSPS) is 12.4. The number of H-pyrrole nitrogens is 1. The largest absolute Gasteiger partial charge is 0.508 e. The van der Waals surface area contributed by atoms with Crippen LogP contribution >= 0.6 is 0 Å². The van der Waals surface area contributed by atoms with Crippen LogP contribution in [0.1, 0.15) is 23.9 Å². The second-order valence-corrected chi connectivity index (χ2v) is 4.72. The van der Waals surface area contributed by atoms with Gasteiger partial charge in [-0.2, -0.15) is 5.10 Å². The van der Waals surface area contributed by atoms with E-state index >= 15 is 0 Å². The maximum atomic E-state index is 9.24. The van der Waals surface area contributed by atoms with E-state index in [1.807, 2.05) is 26.0 Å². The Morgan fingerprint density at radius 1 is 1.28 bits per heavy atom. The average Bonchev–Trinajstić information content (AvgIpc) is 2.64. The van der Waals surface area contributed by atoms with E-state index in [0.29, 0.717) is 11.8 Å². The number of aromatic hydroxyl groups is 1. The summed E-state index contributed by atoms with van der Waals surface area (Å²) in [5.74, 6) is 0.306. The molecule has 0 aliphatic carbocycles. The van der Waals surface area contributed by atoms with Crippen molar-refractivity contribution < 1.29 is 5.11 Å². The first-order valence-corrected chi connectivity index (χ1v) is 6.12. The van der Waals surface area contributed by atoms with Gasteiger partial charge >= 0.3 is 0 Å². The second-order valence-electron chi connectivity index (χ2n) is 4.72. The fraction of sp³-hybridized carbons (Fsp3) is 0.357. The van der Waals surface area contributed by atoms with Gasteiger partial charge in [0.2, 0.25) is 0 Å². The van der Waals surface area contributed by atoms with Crippen LogP contribution in [0.2, 0.25) is 0 Å². The van der Waals surface area contributed by atoms with Crippen LogP contribution in [0, 0.1) is 13.8 Å². The maximum Gasteiger partial charge on any atom is 0.115 e. The molecule has 18 heavy (non-hydrogen) atoms. The van der Waals surface area contributed by atoms with Crippen molar-refractivity contribution in [2.24, 2.45) is 0 Å². The molecule has 0 amide bonds. The smallest absolute Gasteiger partial charge is 0.115 e. The third-order valence-corrected chi connectivity index (χ3v) is 3.00. The summed E-state index contributed by atoms with van der Waals surface area (Å²) in [4.78, 5) is 0. The fourth-order valence-electron chi connectivity index (χ4n) is 2.05. The lowest BCUT2D eigenvalue weighted by Crippen LogP contribution is -2.18. The summed E-state index contributed by atoms with van der Waals surface area (Å²) in [6.45, 7) is 6.13. The number of anilines is 1. The first kappa shape index (κ1) is 12.5. The maximum absolute atomic E-state index is 9.24. The van der Waals surface area contributed by atoms with Gasteiger partial charge < -0.3 is 10.4 Å². The van der Waals surface area contributed by atoms with Crippen LogP contribution in [-0.2, 0) is 6.42 Å². The lowest BCUT2D eigenvalue weighted by molar-refractivity contribution is 0.475. The highest BCUT2D eigenvalue weighted by Gasteiger charge is 2.10. The minimum Gasteiger partial charge on any atom is -0.508 e. The summed E-state index contributed by atoms with van der Waals surface area (Å²) in [6, 6.07) is 7.64. The molecule has 0 spiro atoms. The lowest BCUT2D eigenvalue weighted by Gasteiger charge is -2.15. The van der Waals surface area contributed by atoms with Gasteiger partial charge in [0.05, 0.1) is 17.1 Å². The number of hydrogen-bond donors (Lipinski definition) is 3. The molecular formula is C14H19N3O. The van der Waals surface area contributed by atoms with Crippen molar-refractivity contribution in [3.63, 3.8) is 0 Å². The van der Waals surface area contributed by atoms with Crippen LogP contribution in [0.4, 0.5) is 5.69 Å². The number of hydrogen-bond acceptors (Lipinski definition) is 3. The minimum absolute atomic E-state index is 0.306. The first-order chi connectivity index (χ1) is 8.56. The Kier molecular flexibility index (Phi) is 3.55. The van der Waals surface area contributed by atoms with E-state index < -0.39 is 0 Å². The topological polar surface area (TPSA) is 60.9 Å². The number of aromatic amines is 1. The summed E-state index contributed by atoms with van der Waals surface area (Å²) in [6.07, 6.45) is 0.907. The van der Waals surface area contributed by atoms with E-state index in [1.54, 1.807) is 12.1 Å². The predicted molar refractivity (Wildman–Crippen MR) is 73.0 cm³/mol. The van der Waals surface area contributed by atoms with Gasteiger partial charge in [0.1, 0.15) is 5.75 Å². The van der Waals surface area contributed by atoms with Crippen LogP contribution < -0.4 is 5.32 Å². The molecule has 2 aromatic rings. The van der Waals surface area contributed by atoms with E-state index in [9.17, 15) is 5.11 Å². The predicted octanol–water partition coefficient (Wildman–Crippen LogP) is 2.78. The molecule has 0 aliphatic heterocycles. The Hall–Kier alpha value is -1.97. The van der Waals surface area contributed by atoms with Crippen LogP contribution in [-0.4, -0.2) is 21.3 Å². The zero-order valence-electron chi connectivity index (χ0n) is 11.0. The molecule has 2 rings (SSSR count). The molecular weight excluding hydrogens is 226 g/mol. The van der Waals surface area contributed by atoms with E-state index in [2.05, 4.69) is 22.4 Å². The number of benzene rings is 1. The number of nitrogens with one attached hydrogen (secondary N) is 2. The summed E-state index contributed by atoms with van der Waals surface area (Å²) in [7, 11) is 0. The van der Waals surface area contributed by atoms with Gasteiger partial charge in [-0.15, -0.1) is 0 Å². The molecule has 1 unspecified atom stereocenters. The zero-order chi connectivity index (χ0) is 13.1. The van der Waals surface area contributed by atoms with Gasteiger partial charge in [-0.25, -0.2) is 0 Å². The number of phenols is 1. The summed E-state index contributed by atoms with van der Waals surface area (Å²) < 4.78 is 0. The quantitative estimate of drug-likeness (QED) is 0.776. The van der Waals surface area contributed by atoms with Crippen LogP contribution in [0.5, 0.6) is 5.75 Å². The molecule has 0 saturated carbocycles. The standard InChI is InChI=1S/C14H19N3O/c1-9(8-12-4-6-13(18)7-5-12)15-14-10(2)16-17-11(14)3/h4-7,9,15,18H,8H2,1-3H3,(H,16,17). The Labute approximate surface area is 107 Å². The van der Waals surface area contributed by atoms with Crippen LogP contribution in [0.15, 0.2) is 24.3 Å². The van der Waals surface area contributed by atoms with Crippen molar-refractivity contribution in [2.45, 2.75) is 33.2 Å². The Morgan fingerprint density at radius 3 is 2.50 bits per heavy atom. The van der Waals surface area contributed by atoms with Gasteiger partial charge in [-0.05, 0) is 44.9 Å². The van der Waals surface area contributed by atoms with Crippen molar-refractivity contribution in [1.82, 2.24) is 10.2 Å². The highest BCUT2D eigenvalue weighted by Crippen LogP contribution is 2.19. The van der Waals surface area contributed by atoms with Crippen molar-refractivity contribution in [3.05, 3.63) is 41.2 Å². The molecule has 1 aromatic heterocycles. The van der Waals surface area contributed by atoms with Gasteiger partial charge in [0.15, 0.2) is 0 Å². The van der Waals surface area contributed by atoms with E-state index in [-0.39, 0.29) is 0 Å². The number of nitrogens with zero attached hydrogens (tertiary/aromatic N) is 1. The van der Waals surface area contributed by atoms with Crippen LogP contribution in [0.25, 0.3) is 0 Å². The molecule has 1 aromatic carbocycles. The van der Waals surface area contributed by atoms with Crippen molar-refractivity contribution >= 4 is 5.69 Å². The molecule has 4 nitrogen and oxygen atoms in total. The number of phenolic OH excluding ortho intramolecular Hbond substituents is 1. The lowest BCUT2D eigenvalue weighted by atomic mass is 10.1. The second kappa shape index (κ2) is 5.12. The third-order valence-electron chi connectivity index (χ3n) is 3.00. The van der Waals surface area contributed by atoms with Gasteiger partial charge in [-0.1, -0.05) is 12.1 Å². The number of aromatic nitrogens is 2. The summed E-state index contributed by atoms with van der Waals surface area (Å²) in [5.41, 5.74) is 4.34. The van der Waals surface area contributed by atoms with E-state index in [0.717, 1.165) is 23.5 Å². The van der Waals surface area contributed by atoms with Crippen molar-refractivity contribution in [2.75, 3.05) is 5.32 Å². The Bertz CT molecular complexity index is 497. The van der Waals surface area contributed by atoms with E-state index in [1.165, 1.54) is 5.56 Å². The average molecular weight is 245 g/mol. The third kappa shape index (κ3) is 2.83. The molecule has 0 radical (unpaired) electrons. The molecule has 4 heteroatoms. The Morgan fingerprint density at radius 2 is 1.94 bits per heavy atom. The minimum atomic E-state index is 0.306. The number of aryl methyl sites for hydroxylation is 2. The van der Waals surface area contributed by atoms with Crippen molar-refractivity contribution in [3.8, 4) is 5.75 Å². The molecule has 0 aliphatic rings. The molecule has 96 valence electrons. The molecule has 0 bridgehead atoms. The molecule has 3 N–H and O–H groups in total. The molecule has 0 saturated heterocycles. The molecule has 1 atom stereocenters. The molecule has 0 fully saturated rings. The SMILES string of the molecule is Cc1n[nH]c(C)c1NC(C)Cc1ccc(O)cc1. The summed E-state index contributed by atoms with van der Waals surface area (Å²) in [5, 5.41) is 19.8.